The zero-order valence-electron chi connectivity index (χ0n) is 12.7. The Hall–Kier alpha value is -0.370. The smallest absolute Gasteiger partial charge is 0.123 e. The Bertz CT molecular complexity index is 334. The number of alkyl halides is 1. The van der Waals surface area contributed by atoms with Crippen LogP contribution in [0, 0.1) is 11.7 Å². The van der Waals surface area contributed by atoms with Gasteiger partial charge in [0.25, 0.3) is 0 Å². The summed E-state index contributed by atoms with van der Waals surface area (Å²) >= 11 is 3.62. The molecule has 0 radical (unpaired) electrons. The van der Waals surface area contributed by atoms with Crippen LogP contribution in [0.2, 0.25) is 0 Å². The molecule has 0 aromatic heterocycles. The zero-order valence-corrected chi connectivity index (χ0v) is 14.3. The molecule has 1 atom stereocenters. The lowest BCUT2D eigenvalue weighted by atomic mass is 9.95. The van der Waals surface area contributed by atoms with E-state index in [1.165, 1.54) is 56.9 Å². The van der Waals surface area contributed by atoms with Gasteiger partial charge in [0.1, 0.15) is 5.82 Å². The van der Waals surface area contributed by atoms with Gasteiger partial charge in [-0.1, -0.05) is 79.9 Å². The van der Waals surface area contributed by atoms with E-state index in [4.69, 9.17) is 0 Å². The molecule has 0 saturated carbocycles. The van der Waals surface area contributed by atoms with Gasteiger partial charge in [0.2, 0.25) is 0 Å². The first kappa shape index (κ1) is 17.7. The van der Waals surface area contributed by atoms with E-state index in [2.05, 4.69) is 22.9 Å². The molecule has 1 aromatic carbocycles. The van der Waals surface area contributed by atoms with Crippen molar-refractivity contribution in [2.75, 3.05) is 5.33 Å². The predicted octanol–water partition coefficient (Wildman–Crippen LogP) is 6.52. The highest BCUT2D eigenvalue weighted by atomic mass is 79.9. The van der Waals surface area contributed by atoms with Gasteiger partial charge in [0.15, 0.2) is 0 Å². The monoisotopic (exact) mass is 342 g/mol. The average molecular weight is 343 g/mol. The van der Waals surface area contributed by atoms with Crippen LogP contribution in [0.5, 0.6) is 0 Å². The highest BCUT2D eigenvalue weighted by Gasteiger charge is 2.08. The number of unbranched alkanes of at least 4 members (excludes halogenated alkanes) is 6. The molecule has 0 amide bonds. The van der Waals surface area contributed by atoms with Crippen LogP contribution in [0.4, 0.5) is 4.39 Å². The lowest BCUT2D eigenvalue weighted by Gasteiger charge is -2.14. The summed E-state index contributed by atoms with van der Waals surface area (Å²) in [5.74, 6) is 0.535. The molecule has 114 valence electrons. The lowest BCUT2D eigenvalue weighted by Crippen LogP contribution is -2.06. The second kappa shape index (κ2) is 11.3. The van der Waals surface area contributed by atoms with Crippen LogP contribution in [0.3, 0.4) is 0 Å². The summed E-state index contributed by atoms with van der Waals surface area (Å²) < 4.78 is 12.9. The van der Waals surface area contributed by atoms with Gasteiger partial charge >= 0.3 is 0 Å². The van der Waals surface area contributed by atoms with Gasteiger partial charge in [-0.25, -0.2) is 4.39 Å². The third-order valence-corrected chi connectivity index (χ3v) is 4.79. The number of halogens is 2. The third-order valence-electron chi connectivity index (χ3n) is 3.87. The fraction of sp³-hybridized carbons (Fsp3) is 0.667. The number of rotatable bonds is 11. The predicted molar refractivity (Wildman–Crippen MR) is 90.0 cm³/mol. The van der Waals surface area contributed by atoms with Gasteiger partial charge in [-0.05, 0) is 36.5 Å². The Labute approximate surface area is 132 Å². The normalized spacial score (nSPS) is 12.6. The van der Waals surface area contributed by atoms with Crippen molar-refractivity contribution >= 4 is 15.9 Å². The Morgan fingerprint density at radius 1 is 0.950 bits per heavy atom. The summed E-state index contributed by atoms with van der Waals surface area (Å²) in [7, 11) is 0. The fourth-order valence-corrected chi connectivity index (χ4v) is 3.13. The summed E-state index contributed by atoms with van der Waals surface area (Å²) in [5.41, 5.74) is 1.25. The van der Waals surface area contributed by atoms with Gasteiger partial charge < -0.3 is 0 Å². The first-order valence-electron chi connectivity index (χ1n) is 8.06. The van der Waals surface area contributed by atoms with Gasteiger partial charge in [-0.15, -0.1) is 0 Å². The third kappa shape index (κ3) is 8.04. The first-order valence-corrected chi connectivity index (χ1v) is 9.18. The molecule has 0 saturated heterocycles. The van der Waals surface area contributed by atoms with E-state index in [-0.39, 0.29) is 5.82 Å². The molecule has 0 bridgehead atoms. The highest BCUT2D eigenvalue weighted by Crippen LogP contribution is 2.19. The van der Waals surface area contributed by atoms with E-state index in [1.807, 2.05) is 12.1 Å². The molecule has 20 heavy (non-hydrogen) atoms. The van der Waals surface area contributed by atoms with Crippen LogP contribution >= 0.6 is 15.9 Å². The van der Waals surface area contributed by atoms with Crippen LogP contribution in [0.15, 0.2) is 24.3 Å². The minimum absolute atomic E-state index is 0.142. The second-order valence-electron chi connectivity index (χ2n) is 5.76. The minimum Gasteiger partial charge on any atom is -0.207 e. The van der Waals surface area contributed by atoms with Gasteiger partial charge in [0, 0.05) is 5.33 Å². The molecule has 0 heterocycles. The number of hydrogen-bond donors (Lipinski definition) is 0. The Morgan fingerprint density at radius 2 is 1.55 bits per heavy atom. The van der Waals surface area contributed by atoms with Crippen LogP contribution in [0.25, 0.3) is 0 Å². The highest BCUT2D eigenvalue weighted by molar-refractivity contribution is 9.09. The van der Waals surface area contributed by atoms with Gasteiger partial charge in [-0.2, -0.15) is 0 Å². The SMILES string of the molecule is CCCCCCCCCC(CBr)Cc1ccc(F)cc1. The molecule has 0 aliphatic rings. The quantitative estimate of drug-likeness (QED) is 0.317. The van der Waals surface area contributed by atoms with Crippen LogP contribution in [-0.4, -0.2) is 5.33 Å². The van der Waals surface area contributed by atoms with E-state index < -0.39 is 0 Å². The topological polar surface area (TPSA) is 0 Å². The standard InChI is InChI=1S/C18H28BrF/c1-2-3-4-5-6-7-8-9-17(15-19)14-16-10-12-18(20)13-11-16/h10-13,17H,2-9,14-15H2,1H3. The maximum absolute atomic E-state index is 12.9. The van der Waals surface area contributed by atoms with Crippen molar-refractivity contribution in [2.24, 2.45) is 5.92 Å². The molecule has 2 heteroatoms. The van der Waals surface area contributed by atoms with Crippen LogP contribution < -0.4 is 0 Å². The maximum Gasteiger partial charge on any atom is 0.123 e. The van der Waals surface area contributed by atoms with Crippen molar-refractivity contribution in [3.8, 4) is 0 Å². The van der Waals surface area contributed by atoms with Crippen molar-refractivity contribution in [2.45, 2.75) is 64.7 Å². The van der Waals surface area contributed by atoms with Crippen molar-refractivity contribution in [3.63, 3.8) is 0 Å². The van der Waals surface area contributed by atoms with E-state index in [0.29, 0.717) is 5.92 Å². The minimum atomic E-state index is -0.142. The summed E-state index contributed by atoms with van der Waals surface area (Å²) in [4.78, 5) is 0. The molecule has 0 N–H and O–H groups in total. The Kier molecular flexibility index (Phi) is 10.00. The van der Waals surface area contributed by atoms with Crippen LogP contribution in [-0.2, 0) is 6.42 Å². The van der Waals surface area contributed by atoms with Crippen molar-refractivity contribution in [1.82, 2.24) is 0 Å². The van der Waals surface area contributed by atoms with Gasteiger partial charge in [0.05, 0.1) is 0 Å². The summed E-state index contributed by atoms with van der Waals surface area (Å²) in [6.45, 7) is 2.26. The molecule has 0 fully saturated rings. The zero-order chi connectivity index (χ0) is 14.6. The van der Waals surface area contributed by atoms with E-state index in [9.17, 15) is 4.39 Å². The number of hydrogen-bond acceptors (Lipinski definition) is 0. The van der Waals surface area contributed by atoms with Gasteiger partial charge in [-0.3, -0.25) is 0 Å². The van der Waals surface area contributed by atoms with Crippen LogP contribution in [0.1, 0.15) is 63.9 Å². The van der Waals surface area contributed by atoms with Crippen molar-refractivity contribution in [3.05, 3.63) is 35.6 Å². The summed E-state index contributed by atoms with van der Waals surface area (Å²) in [6.07, 6.45) is 11.9. The molecule has 0 aliphatic heterocycles. The molecular weight excluding hydrogens is 315 g/mol. The van der Waals surface area contributed by atoms with E-state index in [1.54, 1.807) is 12.1 Å². The van der Waals surface area contributed by atoms with E-state index in [0.717, 1.165) is 11.8 Å². The summed E-state index contributed by atoms with van der Waals surface area (Å²) in [5, 5.41) is 1.04. The fourth-order valence-electron chi connectivity index (χ4n) is 2.58. The van der Waals surface area contributed by atoms with E-state index >= 15 is 0 Å². The molecule has 1 aromatic rings. The Balaban J connectivity index is 2.14. The molecule has 0 nitrogen and oxygen atoms in total. The lowest BCUT2D eigenvalue weighted by molar-refractivity contribution is 0.487. The summed E-state index contributed by atoms with van der Waals surface area (Å²) in [6, 6.07) is 6.95. The molecular formula is C18H28BrF. The average Bonchev–Trinajstić information content (AvgIpc) is 2.47. The van der Waals surface area contributed by atoms with Crippen molar-refractivity contribution in [1.29, 1.82) is 0 Å². The first-order chi connectivity index (χ1) is 9.76. The maximum atomic E-state index is 12.9. The largest absolute Gasteiger partial charge is 0.207 e. The molecule has 0 spiro atoms. The molecule has 1 rings (SSSR count). The second-order valence-corrected chi connectivity index (χ2v) is 6.41. The molecule has 1 unspecified atom stereocenters. The Morgan fingerprint density at radius 3 is 2.15 bits per heavy atom. The number of benzene rings is 1. The van der Waals surface area contributed by atoms with Crippen molar-refractivity contribution < 1.29 is 4.39 Å². The molecule has 0 aliphatic carbocycles.